The van der Waals surface area contributed by atoms with Crippen LogP contribution in [0.1, 0.15) is 12.0 Å². The molecule has 1 atom stereocenters. The van der Waals surface area contributed by atoms with E-state index in [9.17, 15) is 4.79 Å². The lowest BCUT2D eigenvalue weighted by Crippen LogP contribution is -2.23. The number of ether oxygens (including phenoxy) is 1. The van der Waals surface area contributed by atoms with Gasteiger partial charge in [-0.2, -0.15) is 0 Å². The lowest BCUT2D eigenvalue weighted by atomic mass is 10.1. The van der Waals surface area contributed by atoms with Crippen LogP contribution in [0.5, 0.6) is 5.75 Å². The zero-order chi connectivity index (χ0) is 23.6. The third-order valence-electron chi connectivity index (χ3n) is 5.08. The van der Waals surface area contributed by atoms with Crippen LogP contribution < -0.4 is 14.8 Å². The molecule has 1 aromatic heterocycles. The fraction of sp³-hybridized carbons (Fsp3) is 0.154. The van der Waals surface area contributed by atoms with E-state index in [1.807, 2.05) is 89.6 Å². The Morgan fingerprint density at radius 3 is 2.47 bits per heavy atom. The van der Waals surface area contributed by atoms with Crippen LogP contribution in [0.3, 0.4) is 0 Å². The molecule has 1 heterocycles. The SMILES string of the molecule is O=C(Nc1ccc(OC(CCc2ccc(Cl)cc2)Cn2ccnc2)cc1)SNc1ccccc1. The van der Waals surface area contributed by atoms with Crippen LogP contribution >= 0.6 is 23.5 Å². The molecule has 174 valence electrons. The Labute approximate surface area is 208 Å². The van der Waals surface area contributed by atoms with E-state index in [0.717, 1.165) is 41.2 Å². The maximum Gasteiger partial charge on any atom is 0.303 e. The highest BCUT2D eigenvalue weighted by Gasteiger charge is 2.13. The molecule has 1 unspecified atom stereocenters. The minimum atomic E-state index is -0.196. The van der Waals surface area contributed by atoms with Gasteiger partial charge in [0.1, 0.15) is 11.9 Å². The van der Waals surface area contributed by atoms with E-state index in [4.69, 9.17) is 16.3 Å². The van der Waals surface area contributed by atoms with E-state index >= 15 is 0 Å². The first-order chi connectivity index (χ1) is 16.6. The van der Waals surface area contributed by atoms with Crippen LogP contribution in [-0.4, -0.2) is 20.9 Å². The third-order valence-corrected chi connectivity index (χ3v) is 5.96. The van der Waals surface area contributed by atoms with Gasteiger partial charge < -0.3 is 19.3 Å². The van der Waals surface area contributed by atoms with Gasteiger partial charge in [-0.3, -0.25) is 4.79 Å². The molecule has 8 heteroatoms. The van der Waals surface area contributed by atoms with Crippen molar-refractivity contribution in [3.05, 3.63) is 108 Å². The molecule has 0 aliphatic carbocycles. The average molecular weight is 493 g/mol. The fourth-order valence-electron chi connectivity index (χ4n) is 3.36. The smallest absolute Gasteiger partial charge is 0.303 e. The molecule has 6 nitrogen and oxygen atoms in total. The lowest BCUT2D eigenvalue weighted by molar-refractivity contribution is 0.170. The fourth-order valence-corrected chi connectivity index (χ4v) is 4.00. The van der Waals surface area contributed by atoms with Gasteiger partial charge in [0.15, 0.2) is 0 Å². The molecule has 4 aromatic rings. The number of amides is 1. The second kappa shape index (κ2) is 12.2. The molecular weight excluding hydrogens is 468 g/mol. The Morgan fingerprint density at radius 2 is 1.76 bits per heavy atom. The third kappa shape index (κ3) is 7.57. The van der Waals surface area contributed by atoms with E-state index in [1.165, 1.54) is 5.56 Å². The van der Waals surface area contributed by atoms with Crippen molar-refractivity contribution >= 4 is 40.2 Å². The summed E-state index contributed by atoms with van der Waals surface area (Å²) in [4.78, 5) is 16.3. The molecule has 34 heavy (non-hydrogen) atoms. The topological polar surface area (TPSA) is 68.2 Å². The number of imidazole rings is 1. The van der Waals surface area contributed by atoms with Crippen molar-refractivity contribution in [2.45, 2.75) is 25.5 Å². The highest BCUT2D eigenvalue weighted by Crippen LogP contribution is 2.21. The number of carbonyl (C=O) groups excluding carboxylic acids is 1. The van der Waals surface area contributed by atoms with Crippen LogP contribution in [0.2, 0.25) is 5.02 Å². The van der Waals surface area contributed by atoms with Crippen molar-refractivity contribution < 1.29 is 9.53 Å². The highest BCUT2D eigenvalue weighted by molar-refractivity contribution is 8.15. The van der Waals surface area contributed by atoms with Gasteiger partial charge in [0.05, 0.1) is 12.9 Å². The number of para-hydroxylation sites is 1. The van der Waals surface area contributed by atoms with Crippen LogP contribution in [0.4, 0.5) is 16.2 Å². The van der Waals surface area contributed by atoms with E-state index in [-0.39, 0.29) is 11.3 Å². The van der Waals surface area contributed by atoms with Gasteiger partial charge in [-0.05, 0) is 66.9 Å². The molecule has 0 saturated carbocycles. The predicted octanol–water partition coefficient (Wildman–Crippen LogP) is 6.91. The van der Waals surface area contributed by atoms with Crippen molar-refractivity contribution in [1.29, 1.82) is 0 Å². The largest absolute Gasteiger partial charge is 0.489 e. The number of anilines is 2. The standard InChI is InChI=1S/C26H25ClN4O2S/c27-21-9-6-20(7-10-21)8-13-25(18-31-17-16-28-19-31)33-24-14-11-22(12-15-24)29-26(32)34-30-23-4-2-1-3-5-23/h1-7,9-12,14-17,19,25,30H,8,13,18H2,(H,29,32). The summed E-state index contributed by atoms with van der Waals surface area (Å²) >= 11 is 7.00. The number of nitrogens with one attached hydrogen (secondary N) is 2. The second-order valence-corrected chi connectivity index (χ2v) is 8.89. The quantitative estimate of drug-likeness (QED) is 0.235. The van der Waals surface area contributed by atoms with Gasteiger partial charge in [-0.1, -0.05) is 41.9 Å². The van der Waals surface area contributed by atoms with Crippen LogP contribution in [0.15, 0.2) is 97.6 Å². The summed E-state index contributed by atoms with van der Waals surface area (Å²) in [6.07, 6.45) is 7.14. The molecule has 0 aliphatic heterocycles. The first-order valence-electron chi connectivity index (χ1n) is 10.9. The zero-order valence-electron chi connectivity index (χ0n) is 18.4. The number of hydrogen-bond donors (Lipinski definition) is 2. The molecule has 0 spiro atoms. The summed E-state index contributed by atoms with van der Waals surface area (Å²) in [5.41, 5.74) is 2.78. The minimum absolute atomic E-state index is 0.0454. The number of carbonyl (C=O) groups is 1. The summed E-state index contributed by atoms with van der Waals surface area (Å²) < 4.78 is 11.3. The monoisotopic (exact) mass is 492 g/mol. The normalized spacial score (nSPS) is 11.6. The Hall–Kier alpha value is -3.42. The summed E-state index contributed by atoms with van der Waals surface area (Å²) in [6, 6.07) is 24.9. The molecule has 4 rings (SSSR count). The highest BCUT2D eigenvalue weighted by atomic mass is 35.5. The van der Waals surface area contributed by atoms with Crippen LogP contribution in [-0.2, 0) is 13.0 Å². The molecular formula is C26H25ClN4O2S. The van der Waals surface area contributed by atoms with Crippen LogP contribution in [0, 0.1) is 0 Å². The van der Waals surface area contributed by atoms with E-state index < -0.39 is 0 Å². The molecule has 0 radical (unpaired) electrons. The first-order valence-corrected chi connectivity index (χ1v) is 12.1. The Morgan fingerprint density at radius 1 is 1.00 bits per heavy atom. The van der Waals surface area contributed by atoms with Crippen molar-refractivity contribution in [3.63, 3.8) is 0 Å². The summed E-state index contributed by atoms with van der Waals surface area (Å²) in [5, 5.41) is 3.40. The van der Waals surface area contributed by atoms with Crippen molar-refractivity contribution in [3.8, 4) is 5.75 Å². The molecule has 0 saturated heterocycles. The first kappa shape index (κ1) is 23.7. The number of aryl methyl sites for hydroxylation is 1. The molecule has 2 N–H and O–H groups in total. The van der Waals surface area contributed by atoms with E-state index in [2.05, 4.69) is 15.0 Å². The van der Waals surface area contributed by atoms with Gasteiger partial charge in [0.2, 0.25) is 0 Å². The minimum Gasteiger partial charge on any atom is -0.489 e. The maximum atomic E-state index is 12.2. The number of benzene rings is 3. The van der Waals surface area contributed by atoms with Gasteiger partial charge in [-0.15, -0.1) is 0 Å². The Kier molecular flexibility index (Phi) is 8.48. The van der Waals surface area contributed by atoms with E-state index in [1.54, 1.807) is 12.5 Å². The molecule has 0 fully saturated rings. The van der Waals surface area contributed by atoms with Crippen molar-refractivity contribution in [2.75, 3.05) is 10.0 Å². The predicted molar refractivity (Wildman–Crippen MR) is 140 cm³/mol. The van der Waals surface area contributed by atoms with Gasteiger partial charge in [-0.25, -0.2) is 4.98 Å². The van der Waals surface area contributed by atoms with Gasteiger partial charge in [0.25, 0.3) is 0 Å². The number of halogens is 1. The summed E-state index contributed by atoms with van der Waals surface area (Å²) in [7, 11) is 0. The summed E-state index contributed by atoms with van der Waals surface area (Å²) in [5.74, 6) is 0.745. The van der Waals surface area contributed by atoms with Gasteiger partial charge in [0, 0.05) is 40.7 Å². The number of aromatic nitrogens is 2. The van der Waals surface area contributed by atoms with Crippen molar-refractivity contribution in [1.82, 2.24) is 9.55 Å². The van der Waals surface area contributed by atoms with Gasteiger partial charge >= 0.3 is 5.24 Å². The lowest BCUT2D eigenvalue weighted by Gasteiger charge is -2.20. The Bertz CT molecular complexity index is 1150. The second-order valence-electron chi connectivity index (χ2n) is 7.67. The molecule has 0 aliphatic rings. The molecule has 1 amide bonds. The summed E-state index contributed by atoms with van der Waals surface area (Å²) in [6.45, 7) is 0.688. The van der Waals surface area contributed by atoms with Crippen molar-refractivity contribution in [2.24, 2.45) is 0 Å². The zero-order valence-corrected chi connectivity index (χ0v) is 20.0. The molecule has 0 bridgehead atoms. The number of nitrogens with zero attached hydrogens (tertiary/aromatic N) is 2. The van der Waals surface area contributed by atoms with E-state index in [0.29, 0.717) is 12.2 Å². The molecule has 3 aromatic carbocycles. The number of hydrogen-bond acceptors (Lipinski definition) is 5. The maximum absolute atomic E-state index is 12.2. The Balaban J connectivity index is 1.32. The average Bonchev–Trinajstić information content (AvgIpc) is 3.37. The number of rotatable bonds is 10. The van der Waals surface area contributed by atoms with Crippen LogP contribution in [0.25, 0.3) is 0 Å².